The molecule has 0 aromatic heterocycles. The first kappa shape index (κ1) is 28.1. The molecule has 0 saturated heterocycles. The monoisotopic (exact) mass is 536 g/mol. The number of carbonyl (C=O) groups excluding carboxylic acids is 1. The van der Waals surface area contributed by atoms with Gasteiger partial charge in [-0.2, -0.15) is 0 Å². The van der Waals surface area contributed by atoms with E-state index < -0.39 is 9.84 Å². The summed E-state index contributed by atoms with van der Waals surface area (Å²) in [5.41, 5.74) is 0.465. The Balaban J connectivity index is 1.25. The first-order chi connectivity index (χ1) is 17.4. The number of hydrogen-bond acceptors (Lipinski definition) is 5. The first-order valence-electron chi connectivity index (χ1n) is 15.5. The molecule has 5 rings (SSSR count). The van der Waals surface area contributed by atoms with E-state index in [0.29, 0.717) is 41.9 Å². The molecule has 0 aromatic carbocycles. The standard InChI is InChI=1S/C31H52O5S/c1-5-23-27-17-20(32)13-15-31(27,4)26-14-16-30(3)24(11-12-25(30)28(26)29(23)34)19(2)7-6-8-21(33)18-37(35,36)22-9-10-22/h19-20,22-29,32,34H,5-18H2,1-4H3/t19-,20-,23-,24?,25+,26+,27+,28+,29-,30-,31-/m1/s1. The lowest BCUT2D eigenvalue weighted by atomic mass is 9.41. The van der Waals surface area contributed by atoms with Crippen molar-refractivity contribution in [3.8, 4) is 0 Å². The number of ketones is 1. The van der Waals surface area contributed by atoms with E-state index in [9.17, 15) is 23.4 Å². The maximum Gasteiger partial charge on any atom is 0.160 e. The highest BCUT2D eigenvalue weighted by molar-refractivity contribution is 7.93. The second kappa shape index (κ2) is 10.2. The third-order valence-electron chi connectivity index (χ3n) is 12.7. The molecule has 5 aliphatic carbocycles. The molecule has 1 unspecified atom stereocenters. The topological polar surface area (TPSA) is 91.7 Å². The largest absolute Gasteiger partial charge is 0.393 e. The lowest BCUT2D eigenvalue weighted by molar-refractivity contribution is -0.203. The number of rotatable bonds is 9. The molecule has 212 valence electrons. The third kappa shape index (κ3) is 4.88. The number of aliphatic hydroxyl groups is 2. The van der Waals surface area contributed by atoms with E-state index in [1.807, 2.05) is 0 Å². The Morgan fingerprint density at radius 2 is 1.62 bits per heavy atom. The van der Waals surface area contributed by atoms with Crippen LogP contribution in [0.25, 0.3) is 0 Å². The van der Waals surface area contributed by atoms with Crippen molar-refractivity contribution >= 4 is 15.6 Å². The fraction of sp³-hybridized carbons (Fsp3) is 0.968. The Morgan fingerprint density at radius 3 is 2.30 bits per heavy atom. The third-order valence-corrected chi connectivity index (χ3v) is 14.9. The van der Waals surface area contributed by atoms with Gasteiger partial charge in [-0.15, -0.1) is 0 Å². The summed E-state index contributed by atoms with van der Waals surface area (Å²) in [6, 6.07) is 0. The number of fused-ring (bicyclic) bond motifs is 5. The normalized spacial score (nSPS) is 46.5. The van der Waals surface area contributed by atoms with Crippen LogP contribution in [0, 0.1) is 52.3 Å². The van der Waals surface area contributed by atoms with Crippen molar-refractivity contribution in [2.24, 2.45) is 52.3 Å². The molecule has 0 aliphatic heterocycles. The van der Waals surface area contributed by atoms with Gasteiger partial charge < -0.3 is 10.2 Å². The zero-order chi connectivity index (χ0) is 26.8. The summed E-state index contributed by atoms with van der Waals surface area (Å²) in [7, 11) is -3.21. The summed E-state index contributed by atoms with van der Waals surface area (Å²) >= 11 is 0. The summed E-state index contributed by atoms with van der Waals surface area (Å²) in [6.07, 6.45) is 11.8. The van der Waals surface area contributed by atoms with Crippen LogP contribution in [0.1, 0.15) is 111 Å². The predicted molar refractivity (Wildman–Crippen MR) is 147 cm³/mol. The molecule has 2 N–H and O–H groups in total. The minimum atomic E-state index is -3.21. The van der Waals surface area contributed by atoms with Gasteiger partial charge >= 0.3 is 0 Å². The minimum absolute atomic E-state index is 0.105. The molecule has 11 atom stereocenters. The summed E-state index contributed by atoms with van der Waals surface area (Å²) in [5.74, 6) is 2.95. The van der Waals surface area contributed by atoms with Crippen molar-refractivity contribution in [1.82, 2.24) is 0 Å². The second-order valence-electron chi connectivity index (χ2n) is 14.5. The summed E-state index contributed by atoms with van der Waals surface area (Å²) < 4.78 is 24.3. The van der Waals surface area contributed by atoms with Gasteiger partial charge in [-0.1, -0.05) is 40.5 Å². The fourth-order valence-corrected chi connectivity index (χ4v) is 12.3. The Labute approximate surface area is 225 Å². The van der Waals surface area contributed by atoms with Gasteiger partial charge in [0.1, 0.15) is 11.5 Å². The van der Waals surface area contributed by atoms with Crippen molar-refractivity contribution in [3.63, 3.8) is 0 Å². The molecule has 0 bridgehead atoms. The van der Waals surface area contributed by atoms with Gasteiger partial charge in [0.15, 0.2) is 9.84 Å². The lowest BCUT2D eigenvalue weighted by Gasteiger charge is -2.64. The van der Waals surface area contributed by atoms with Gasteiger partial charge in [-0.05, 0) is 116 Å². The molecule has 6 heteroatoms. The van der Waals surface area contributed by atoms with Crippen molar-refractivity contribution in [3.05, 3.63) is 0 Å². The zero-order valence-electron chi connectivity index (χ0n) is 23.7. The maximum absolute atomic E-state index is 12.4. The number of aliphatic hydroxyl groups excluding tert-OH is 2. The van der Waals surface area contributed by atoms with Crippen molar-refractivity contribution in [2.75, 3.05) is 5.75 Å². The molecular weight excluding hydrogens is 484 g/mol. The van der Waals surface area contributed by atoms with Gasteiger partial charge in [0.2, 0.25) is 0 Å². The molecule has 0 aromatic rings. The molecule has 5 nitrogen and oxygen atoms in total. The fourth-order valence-electron chi connectivity index (χ4n) is 10.6. The average Bonchev–Trinajstić information content (AvgIpc) is 3.63. The number of carbonyl (C=O) groups is 1. The highest BCUT2D eigenvalue weighted by atomic mass is 32.2. The highest BCUT2D eigenvalue weighted by Crippen LogP contribution is 2.69. The van der Waals surface area contributed by atoms with Crippen LogP contribution in [0.3, 0.4) is 0 Å². The molecular formula is C31H52O5S. The van der Waals surface area contributed by atoms with E-state index in [4.69, 9.17) is 0 Å². The Bertz CT molecular complexity index is 959. The van der Waals surface area contributed by atoms with Crippen molar-refractivity contribution in [2.45, 2.75) is 129 Å². The summed E-state index contributed by atoms with van der Waals surface area (Å²) in [4.78, 5) is 12.4. The number of Topliss-reactive ketones (excluding diaryl/α,β-unsaturated/α-hetero) is 1. The van der Waals surface area contributed by atoms with Crippen LogP contribution in [0.5, 0.6) is 0 Å². The molecule has 5 fully saturated rings. The van der Waals surface area contributed by atoms with Crippen molar-refractivity contribution in [1.29, 1.82) is 0 Å². The number of hydrogen-bond donors (Lipinski definition) is 2. The van der Waals surface area contributed by atoms with Crippen LogP contribution in [0.2, 0.25) is 0 Å². The Kier molecular flexibility index (Phi) is 7.73. The lowest BCUT2D eigenvalue weighted by Crippen LogP contribution is -2.62. The summed E-state index contributed by atoms with van der Waals surface area (Å²) in [6.45, 7) is 9.58. The SMILES string of the molecule is CC[C@H]1[C@@H](O)[C@@H]2[C@H](CC[C@]3(C)C([C@H](C)CCCC(=O)CS(=O)(=O)C4CC4)CC[C@@H]23)[C@@]2(C)CC[C@@H](O)C[C@@H]12. The van der Waals surface area contributed by atoms with Crippen LogP contribution >= 0.6 is 0 Å². The van der Waals surface area contributed by atoms with Crippen LogP contribution in [0.4, 0.5) is 0 Å². The molecule has 0 radical (unpaired) electrons. The molecule has 0 spiro atoms. The highest BCUT2D eigenvalue weighted by Gasteiger charge is 2.64. The smallest absolute Gasteiger partial charge is 0.160 e. The molecule has 0 amide bonds. The molecule has 5 aliphatic rings. The predicted octanol–water partition coefficient (Wildman–Crippen LogP) is 5.57. The quantitative estimate of drug-likeness (QED) is 0.402. The Hall–Kier alpha value is -0.460. The van der Waals surface area contributed by atoms with E-state index >= 15 is 0 Å². The van der Waals surface area contributed by atoms with Crippen LogP contribution in [-0.2, 0) is 14.6 Å². The van der Waals surface area contributed by atoms with E-state index in [1.54, 1.807) is 0 Å². The van der Waals surface area contributed by atoms with Gasteiger partial charge in [-0.25, -0.2) is 8.42 Å². The maximum atomic E-state index is 12.4. The first-order valence-corrected chi connectivity index (χ1v) is 17.2. The average molecular weight is 537 g/mol. The van der Waals surface area contributed by atoms with E-state index in [1.165, 1.54) is 25.7 Å². The van der Waals surface area contributed by atoms with Gasteiger partial charge in [0, 0.05) is 6.42 Å². The second-order valence-corrected chi connectivity index (χ2v) is 16.8. The van der Waals surface area contributed by atoms with Crippen molar-refractivity contribution < 1.29 is 23.4 Å². The van der Waals surface area contributed by atoms with Crippen LogP contribution in [0.15, 0.2) is 0 Å². The van der Waals surface area contributed by atoms with Gasteiger partial charge in [0.25, 0.3) is 0 Å². The van der Waals surface area contributed by atoms with Gasteiger partial charge in [0.05, 0.1) is 17.5 Å². The van der Waals surface area contributed by atoms with Crippen LogP contribution < -0.4 is 0 Å². The van der Waals surface area contributed by atoms with E-state index in [2.05, 4.69) is 27.7 Å². The van der Waals surface area contributed by atoms with Gasteiger partial charge in [-0.3, -0.25) is 4.79 Å². The zero-order valence-corrected chi connectivity index (χ0v) is 24.5. The minimum Gasteiger partial charge on any atom is -0.393 e. The number of sulfone groups is 1. The summed E-state index contributed by atoms with van der Waals surface area (Å²) in [5, 5.41) is 22.1. The molecule has 37 heavy (non-hydrogen) atoms. The van der Waals surface area contributed by atoms with E-state index in [-0.39, 0.29) is 45.7 Å². The van der Waals surface area contributed by atoms with E-state index in [0.717, 1.165) is 51.4 Å². The van der Waals surface area contributed by atoms with Crippen LogP contribution in [-0.4, -0.2) is 47.6 Å². The molecule has 5 saturated carbocycles. The Morgan fingerprint density at radius 1 is 0.946 bits per heavy atom. The molecule has 0 heterocycles.